The van der Waals surface area contributed by atoms with Crippen molar-refractivity contribution >= 4 is 11.8 Å². The molecule has 0 spiro atoms. The summed E-state index contributed by atoms with van der Waals surface area (Å²) in [6.07, 6.45) is 3.47. The monoisotopic (exact) mass is 297 g/mol. The molecule has 0 aliphatic carbocycles. The first-order chi connectivity index (χ1) is 10.4. The third-order valence-corrected chi connectivity index (χ3v) is 4.02. The Morgan fingerprint density at radius 2 is 2.00 bits per heavy atom. The molecule has 0 radical (unpaired) electrons. The molecule has 5 heteroatoms. The number of allylic oxidation sites excluding steroid dienone is 1. The Morgan fingerprint density at radius 1 is 1.14 bits per heavy atom. The molecule has 0 N–H and O–H groups in total. The lowest BCUT2D eigenvalue weighted by molar-refractivity contribution is 0.569. The number of thioether (sulfide) groups is 1. The number of hydrogen-bond donors (Lipinski definition) is 0. The molecular formula is C16H15N3OS. The van der Waals surface area contributed by atoms with Crippen molar-refractivity contribution in [2.45, 2.75) is 17.5 Å². The van der Waals surface area contributed by atoms with Gasteiger partial charge in [0, 0.05) is 12.3 Å². The summed E-state index contributed by atoms with van der Waals surface area (Å²) < 4.78 is 7.43. The van der Waals surface area contributed by atoms with Crippen LogP contribution in [0.2, 0.25) is 0 Å². The number of nitrogens with zero attached hydrogens (tertiary/aromatic N) is 3. The van der Waals surface area contributed by atoms with Gasteiger partial charge in [0.2, 0.25) is 5.82 Å². The second-order valence-electron chi connectivity index (χ2n) is 4.46. The number of furan rings is 1. The smallest absolute Gasteiger partial charge is 0.200 e. The van der Waals surface area contributed by atoms with Crippen LogP contribution in [0.25, 0.3) is 11.6 Å². The third-order valence-electron chi connectivity index (χ3n) is 2.98. The van der Waals surface area contributed by atoms with Gasteiger partial charge in [-0.05, 0) is 17.7 Å². The van der Waals surface area contributed by atoms with E-state index in [1.165, 1.54) is 5.56 Å². The Balaban J connectivity index is 1.83. The SMILES string of the molecule is C=CCn1c(SCc2ccccc2)nnc1-c1ccco1. The standard InChI is InChI=1S/C16H15N3OS/c1-2-10-19-15(14-9-6-11-20-14)17-18-16(19)21-12-13-7-4-3-5-8-13/h2-9,11H,1,10,12H2. The molecule has 0 bridgehead atoms. The second kappa shape index (κ2) is 6.45. The molecule has 4 nitrogen and oxygen atoms in total. The molecule has 0 saturated heterocycles. The van der Waals surface area contributed by atoms with Gasteiger partial charge in [0.05, 0.1) is 6.26 Å². The Labute approximate surface area is 127 Å². The molecule has 3 aromatic rings. The predicted molar refractivity (Wildman–Crippen MR) is 83.9 cm³/mol. The van der Waals surface area contributed by atoms with Gasteiger partial charge < -0.3 is 4.42 Å². The van der Waals surface area contributed by atoms with Crippen LogP contribution in [0, 0.1) is 0 Å². The quantitative estimate of drug-likeness (QED) is 0.509. The minimum absolute atomic E-state index is 0.653. The molecular weight excluding hydrogens is 282 g/mol. The van der Waals surface area contributed by atoms with Crippen LogP contribution in [0.4, 0.5) is 0 Å². The van der Waals surface area contributed by atoms with Gasteiger partial charge in [0.1, 0.15) is 0 Å². The van der Waals surface area contributed by atoms with Crippen molar-refractivity contribution in [2.24, 2.45) is 0 Å². The lowest BCUT2D eigenvalue weighted by Gasteiger charge is -2.06. The van der Waals surface area contributed by atoms with E-state index in [4.69, 9.17) is 4.42 Å². The van der Waals surface area contributed by atoms with E-state index in [1.54, 1.807) is 18.0 Å². The third kappa shape index (κ3) is 3.08. The maximum absolute atomic E-state index is 5.42. The van der Waals surface area contributed by atoms with Crippen molar-refractivity contribution in [1.82, 2.24) is 14.8 Å². The summed E-state index contributed by atoms with van der Waals surface area (Å²) in [5, 5.41) is 9.38. The van der Waals surface area contributed by atoms with Crippen molar-refractivity contribution in [2.75, 3.05) is 0 Å². The van der Waals surface area contributed by atoms with Gasteiger partial charge in [-0.1, -0.05) is 48.2 Å². The number of hydrogen-bond acceptors (Lipinski definition) is 4. The first-order valence-electron chi connectivity index (χ1n) is 6.63. The topological polar surface area (TPSA) is 43.9 Å². The number of aromatic nitrogens is 3. The summed E-state index contributed by atoms with van der Waals surface area (Å²) in [6.45, 7) is 4.45. The summed E-state index contributed by atoms with van der Waals surface area (Å²) in [7, 11) is 0. The lowest BCUT2D eigenvalue weighted by Crippen LogP contribution is -2.00. The van der Waals surface area contributed by atoms with E-state index in [9.17, 15) is 0 Å². The van der Waals surface area contributed by atoms with Crippen molar-refractivity contribution in [3.8, 4) is 11.6 Å². The summed E-state index contributed by atoms with van der Waals surface area (Å²) in [6, 6.07) is 14.0. The van der Waals surface area contributed by atoms with Gasteiger partial charge >= 0.3 is 0 Å². The number of benzene rings is 1. The molecule has 2 heterocycles. The fraction of sp³-hybridized carbons (Fsp3) is 0.125. The fourth-order valence-corrected chi connectivity index (χ4v) is 2.90. The molecule has 0 aliphatic rings. The van der Waals surface area contributed by atoms with Crippen LogP contribution < -0.4 is 0 Å². The van der Waals surface area contributed by atoms with Crippen LogP contribution in [-0.4, -0.2) is 14.8 Å². The lowest BCUT2D eigenvalue weighted by atomic mass is 10.2. The number of rotatable bonds is 6. The molecule has 0 unspecified atom stereocenters. The highest BCUT2D eigenvalue weighted by Crippen LogP contribution is 2.26. The van der Waals surface area contributed by atoms with E-state index in [-0.39, 0.29) is 0 Å². The normalized spacial score (nSPS) is 10.7. The Hall–Kier alpha value is -2.27. The van der Waals surface area contributed by atoms with Crippen molar-refractivity contribution in [3.05, 3.63) is 66.9 Å². The van der Waals surface area contributed by atoms with Gasteiger partial charge in [-0.2, -0.15) is 0 Å². The minimum Gasteiger partial charge on any atom is -0.461 e. The molecule has 0 atom stereocenters. The van der Waals surface area contributed by atoms with Crippen molar-refractivity contribution in [3.63, 3.8) is 0 Å². The van der Waals surface area contributed by atoms with E-state index >= 15 is 0 Å². The average molecular weight is 297 g/mol. The first-order valence-corrected chi connectivity index (χ1v) is 7.61. The molecule has 0 amide bonds. The highest BCUT2D eigenvalue weighted by molar-refractivity contribution is 7.98. The van der Waals surface area contributed by atoms with E-state index in [0.717, 1.165) is 22.5 Å². The zero-order valence-corrected chi connectivity index (χ0v) is 12.3. The Morgan fingerprint density at radius 3 is 2.71 bits per heavy atom. The average Bonchev–Trinajstić information content (AvgIpc) is 3.16. The van der Waals surface area contributed by atoms with Gasteiger partial charge in [0.25, 0.3) is 0 Å². The van der Waals surface area contributed by atoms with Gasteiger partial charge in [0.15, 0.2) is 10.9 Å². The van der Waals surface area contributed by atoms with Crippen molar-refractivity contribution < 1.29 is 4.42 Å². The van der Waals surface area contributed by atoms with Gasteiger partial charge in [-0.25, -0.2) is 0 Å². The van der Waals surface area contributed by atoms with Crippen LogP contribution in [0.5, 0.6) is 0 Å². The highest BCUT2D eigenvalue weighted by Gasteiger charge is 2.15. The largest absolute Gasteiger partial charge is 0.461 e. The minimum atomic E-state index is 0.653. The molecule has 0 fully saturated rings. The van der Waals surface area contributed by atoms with Crippen molar-refractivity contribution in [1.29, 1.82) is 0 Å². The zero-order valence-electron chi connectivity index (χ0n) is 11.5. The zero-order chi connectivity index (χ0) is 14.5. The molecule has 0 saturated carbocycles. The van der Waals surface area contributed by atoms with Gasteiger partial charge in [-0.3, -0.25) is 4.57 Å². The maximum Gasteiger partial charge on any atom is 0.200 e. The summed E-state index contributed by atoms with van der Waals surface area (Å²) in [4.78, 5) is 0. The summed E-state index contributed by atoms with van der Waals surface area (Å²) in [5.74, 6) is 2.31. The first kappa shape index (κ1) is 13.7. The molecule has 0 aliphatic heterocycles. The molecule has 3 rings (SSSR count). The van der Waals surface area contributed by atoms with Crippen LogP contribution in [0.3, 0.4) is 0 Å². The van der Waals surface area contributed by atoms with Gasteiger partial charge in [-0.15, -0.1) is 16.8 Å². The maximum atomic E-state index is 5.42. The molecule has 2 aromatic heterocycles. The molecule has 106 valence electrons. The van der Waals surface area contributed by atoms with Crippen LogP contribution in [-0.2, 0) is 12.3 Å². The predicted octanol–water partition coefficient (Wildman–Crippen LogP) is 4.02. The summed E-state index contributed by atoms with van der Waals surface area (Å²) >= 11 is 1.66. The van der Waals surface area contributed by atoms with E-state index in [2.05, 4.69) is 28.9 Å². The Bertz CT molecular complexity index is 704. The molecule has 1 aromatic carbocycles. The molecule has 21 heavy (non-hydrogen) atoms. The van der Waals surface area contributed by atoms with Crippen LogP contribution in [0.15, 0.2) is 71.0 Å². The fourth-order valence-electron chi connectivity index (χ4n) is 2.00. The van der Waals surface area contributed by atoms with E-state index in [0.29, 0.717) is 6.54 Å². The summed E-state index contributed by atoms with van der Waals surface area (Å²) in [5.41, 5.74) is 1.26. The highest BCUT2D eigenvalue weighted by atomic mass is 32.2. The van der Waals surface area contributed by atoms with E-state index < -0.39 is 0 Å². The van der Waals surface area contributed by atoms with Crippen LogP contribution in [0.1, 0.15) is 5.56 Å². The van der Waals surface area contributed by atoms with E-state index in [1.807, 2.05) is 41.0 Å². The van der Waals surface area contributed by atoms with Crippen LogP contribution >= 0.6 is 11.8 Å². The Kier molecular flexibility index (Phi) is 4.21. The second-order valence-corrected chi connectivity index (χ2v) is 5.40.